The second-order valence-corrected chi connectivity index (χ2v) is 4.75. The summed E-state index contributed by atoms with van der Waals surface area (Å²) < 4.78 is 0.934. The molecule has 0 aliphatic carbocycles. The smallest absolute Gasteiger partial charge is 0.0710 e. The Bertz CT molecular complexity index is 492. The minimum Gasteiger partial charge on any atom is -0.308 e. The van der Waals surface area contributed by atoms with Crippen molar-refractivity contribution >= 4 is 15.9 Å². The Balaban J connectivity index is 2.10. The fourth-order valence-electron chi connectivity index (χ4n) is 1.54. The minimum absolute atomic E-state index is 0.734. The molecule has 0 bridgehead atoms. The molecule has 4 nitrogen and oxygen atoms in total. The number of hydrogen-bond donors (Lipinski definition) is 2. The van der Waals surface area contributed by atoms with Gasteiger partial charge in [-0.15, -0.1) is 0 Å². The maximum Gasteiger partial charge on any atom is 0.0710 e. The first-order valence-electron chi connectivity index (χ1n) is 5.24. The average molecular weight is 293 g/mol. The number of nitrogens with one attached hydrogen (secondary N) is 2. The molecule has 0 radical (unpaired) electrons. The van der Waals surface area contributed by atoms with Gasteiger partial charge in [0.1, 0.15) is 0 Å². The number of hydrogen-bond acceptors (Lipinski definition) is 3. The normalized spacial score (nSPS) is 10.4. The fraction of sp³-hybridized carbons (Fsp3) is 0.167. The van der Waals surface area contributed by atoms with Crippen LogP contribution in [0.5, 0.6) is 0 Å². The molecular formula is C12H13BrN4. The number of H-pyrrole nitrogens is 1. The van der Waals surface area contributed by atoms with Gasteiger partial charge in [0.2, 0.25) is 0 Å². The highest BCUT2D eigenvalue weighted by Crippen LogP contribution is 2.19. The number of pyridine rings is 1. The summed E-state index contributed by atoms with van der Waals surface area (Å²) in [4.78, 5) is 4.10. The number of aromatic amines is 1. The monoisotopic (exact) mass is 292 g/mol. The summed E-state index contributed by atoms with van der Waals surface area (Å²) in [6.07, 6.45) is 5.40. The van der Waals surface area contributed by atoms with Crippen LogP contribution in [0.25, 0.3) is 11.3 Å². The molecule has 0 aliphatic heterocycles. The van der Waals surface area contributed by atoms with Crippen LogP contribution in [0.1, 0.15) is 5.56 Å². The molecule has 0 spiro atoms. The lowest BCUT2D eigenvalue weighted by Gasteiger charge is -2.04. The second kappa shape index (κ2) is 5.75. The van der Waals surface area contributed by atoms with E-state index in [0.29, 0.717) is 0 Å². The SMILES string of the molecule is C=C(Br)CNCc1cn[nH]c1-c1cccnc1. The second-order valence-electron chi connectivity index (χ2n) is 3.63. The summed E-state index contributed by atoms with van der Waals surface area (Å²) in [7, 11) is 0. The van der Waals surface area contributed by atoms with E-state index >= 15 is 0 Å². The molecule has 2 aromatic heterocycles. The van der Waals surface area contributed by atoms with Crippen molar-refractivity contribution in [1.82, 2.24) is 20.5 Å². The Labute approximate surface area is 108 Å². The van der Waals surface area contributed by atoms with Crippen molar-refractivity contribution in [3.8, 4) is 11.3 Å². The molecule has 2 rings (SSSR count). The first-order valence-corrected chi connectivity index (χ1v) is 6.03. The molecule has 0 saturated heterocycles. The van der Waals surface area contributed by atoms with Crippen molar-refractivity contribution in [3.63, 3.8) is 0 Å². The van der Waals surface area contributed by atoms with Gasteiger partial charge in [-0.25, -0.2) is 0 Å². The fourth-order valence-corrected chi connectivity index (χ4v) is 1.74. The van der Waals surface area contributed by atoms with Gasteiger partial charge in [0, 0.05) is 41.1 Å². The molecule has 0 aromatic carbocycles. The van der Waals surface area contributed by atoms with E-state index in [0.717, 1.165) is 34.4 Å². The molecule has 0 unspecified atom stereocenters. The summed E-state index contributed by atoms with van der Waals surface area (Å²) in [5.74, 6) is 0. The van der Waals surface area contributed by atoms with E-state index in [1.165, 1.54) is 0 Å². The third-order valence-electron chi connectivity index (χ3n) is 2.30. The van der Waals surface area contributed by atoms with Crippen molar-refractivity contribution in [2.75, 3.05) is 6.54 Å². The van der Waals surface area contributed by atoms with Gasteiger partial charge in [0.15, 0.2) is 0 Å². The minimum atomic E-state index is 0.734. The topological polar surface area (TPSA) is 53.6 Å². The van der Waals surface area contributed by atoms with Crippen LogP contribution in [-0.4, -0.2) is 21.7 Å². The zero-order valence-corrected chi connectivity index (χ0v) is 10.9. The van der Waals surface area contributed by atoms with Gasteiger partial charge in [-0.2, -0.15) is 5.10 Å². The van der Waals surface area contributed by atoms with Gasteiger partial charge in [0.05, 0.1) is 11.9 Å². The third-order valence-corrected chi connectivity index (χ3v) is 2.58. The highest BCUT2D eigenvalue weighted by molar-refractivity contribution is 9.11. The maximum absolute atomic E-state index is 4.10. The Kier molecular flexibility index (Phi) is 4.06. The summed E-state index contributed by atoms with van der Waals surface area (Å²) in [5.41, 5.74) is 3.16. The predicted octanol–water partition coefficient (Wildman–Crippen LogP) is 2.47. The molecule has 2 heterocycles. The largest absolute Gasteiger partial charge is 0.308 e. The molecule has 0 aliphatic rings. The predicted molar refractivity (Wildman–Crippen MR) is 71.6 cm³/mol. The van der Waals surface area contributed by atoms with Gasteiger partial charge >= 0.3 is 0 Å². The van der Waals surface area contributed by atoms with Crippen molar-refractivity contribution in [1.29, 1.82) is 0 Å². The van der Waals surface area contributed by atoms with E-state index in [2.05, 4.69) is 43.0 Å². The summed E-state index contributed by atoms with van der Waals surface area (Å²) >= 11 is 3.31. The standard InChI is InChI=1S/C12H13BrN4/c1-9(13)5-15-7-11-8-16-17-12(11)10-3-2-4-14-6-10/h2-4,6,8,15H,1,5,7H2,(H,16,17). The maximum atomic E-state index is 4.10. The van der Waals surface area contributed by atoms with Crippen LogP contribution in [0, 0.1) is 0 Å². The number of nitrogens with zero attached hydrogens (tertiary/aromatic N) is 2. The number of aromatic nitrogens is 3. The lowest BCUT2D eigenvalue weighted by Crippen LogP contribution is -2.14. The molecule has 17 heavy (non-hydrogen) atoms. The molecule has 88 valence electrons. The molecule has 2 N–H and O–H groups in total. The molecule has 0 saturated carbocycles. The van der Waals surface area contributed by atoms with E-state index in [1.54, 1.807) is 6.20 Å². The van der Waals surface area contributed by atoms with Crippen LogP contribution in [-0.2, 0) is 6.54 Å². The van der Waals surface area contributed by atoms with Crippen molar-refractivity contribution in [2.24, 2.45) is 0 Å². The number of rotatable bonds is 5. The van der Waals surface area contributed by atoms with E-state index in [-0.39, 0.29) is 0 Å². The quantitative estimate of drug-likeness (QED) is 0.890. The van der Waals surface area contributed by atoms with E-state index < -0.39 is 0 Å². The highest BCUT2D eigenvalue weighted by Gasteiger charge is 2.06. The number of halogens is 1. The van der Waals surface area contributed by atoms with Crippen LogP contribution in [0.15, 0.2) is 41.8 Å². The molecule has 2 aromatic rings. The average Bonchev–Trinajstić information content (AvgIpc) is 2.78. The summed E-state index contributed by atoms with van der Waals surface area (Å²) in [6.45, 7) is 5.25. The van der Waals surface area contributed by atoms with Crippen LogP contribution < -0.4 is 5.32 Å². The third kappa shape index (κ3) is 3.25. The van der Waals surface area contributed by atoms with E-state index in [1.807, 2.05) is 24.5 Å². The summed E-state index contributed by atoms with van der Waals surface area (Å²) in [5, 5.41) is 10.3. The lowest BCUT2D eigenvalue weighted by molar-refractivity contribution is 0.759. The van der Waals surface area contributed by atoms with Crippen molar-refractivity contribution in [3.05, 3.63) is 47.3 Å². The van der Waals surface area contributed by atoms with Crippen LogP contribution in [0.4, 0.5) is 0 Å². The Morgan fingerprint density at radius 3 is 3.06 bits per heavy atom. The first kappa shape index (κ1) is 12.0. The van der Waals surface area contributed by atoms with Crippen LogP contribution >= 0.6 is 15.9 Å². The van der Waals surface area contributed by atoms with Crippen molar-refractivity contribution < 1.29 is 0 Å². The highest BCUT2D eigenvalue weighted by atomic mass is 79.9. The Morgan fingerprint density at radius 1 is 1.47 bits per heavy atom. The molecular weight excluding hydrogens is 280 g/mol. The Morgan fingerprint density at radius 2 is 2.35 bits per heavy atom. The lowest BCUT2D eigenvalue weighted by atomic mass is 10.1. The Hall–Kier alpha value is -1.46. The first-order chi connectivity index (χ1) is 8.27. The zero-order chi connectivity index (χ0) is 12.1. The van der Waals surface area contributed by atoms with E-state index in [9.17, 15) is 0 Å². The zero-order valence-electron chi connectivity index (χ0n) is 9.28. The van der Waals surface area contributed by atoms with Gasteiger partial charge in [-0.1, -0.05) is 22.5 Å². The van der Waals surface area contributed by atoms with Crippen LogP contribution in [0.3, 0.4) is 0 Å². The molecule has 0 amide bonds. The molecule has 0 fully saturated rings. The van der Waals surface area contributed by atoms with Gasteiger partial charge < -0.3 is 5.32 Å². The van der Waals surface area contributed by atoms with Gasteiger partial charge in [-0.05, 0) is 12.1 Å². The molecule has 0 atom stereocenters. The summed E-state index contributed by atoms with van der Waals surface area (Å²) in [6, 6.07) is 3.92. The van der Waals surface area contributed by atoms with Gasteiger partial charge in [0.25, 0.3) is 0 Å². The van der Waals surface area contributed by atoms with Crippen LogP contribution in [0.2, 0.25) is 0 Å². The van der Waals surface area contributed by atoms with Gasteiger partial charge in [-0.3, -0.25) is 10.1 Å². The van der Waals surface area contributed by atoms with Crippen molar-refractivity contribution in [2.45, 2.75) is 6.54 Å². The molecule has 5 heteroatoms. The van der Waals surface area contributed by atoms with E-state index in [4.69, 9.17) is 0 Å².